The second-order valence-corrected chi connectivity index (χ2v) is 7.70. The third-order valence-electron chi connectivity index (χ3n) is 4.14. The van der Waals surface area contributed by atoms with Gasteiger partial charge in [-0.2, -0.15) is 5.10 Å². The minimum absolute atomic E-state index is 0.530. The Morgan fingerprint density at radius 1 is 1.26 bits per heavy atom. The van der Waals surface area contributed by atoms with Crippen molar-refractivity contribution in [3.05, 3.63) is 74.2 Å². The molecule has 0 aliphatic carbocycles. The minimum atomic E-state index is 0.530. The number of ether oxygens (including phenoxy) is 1. The Hall–Kier alpha value is -2.12. The number of aromatic nitrogens is 3. The highest BCUT2D eigenvalue weighted by Gasteiger charge is 2.09. The van der Waals surface area contributed by atoms with Crippen LogP contribution in [0.15, 0.2) is 46.9 Å². The van der Waals surface area contributed by atoms with E-state index in [0.29, 0.717) is 17.9 Å². The average Bonchev–Trinajstić information content (AvgIpc) is 2.99. The zero-order chi connectivity index (χ0) is 19.2. The maximum Gasteiger partial charge on any atom is 0.214 e. The molecule has 0 saturated carbocycles. The first-order valence-electron chi connectivity index (χ1n) is 8.93. The van der Waals surface area contributed by atoms with Crippen molar-refractivity contribution in [2.75, 3.05) is 5.43 Å². The largest absolute Gasteiger partial charge is 0.489 e. The van der Waals surface area contributed by atoms with Crippen LogP contribution in [-0.4, -0.2) is 14.9 Å². The summed E-state index contributed by atoms with van der Waals surface area (Å²) in [6, 6.07) is 14.4. The molecule has 0 unspecified atom stereocenters. The number of nitrogens with one attached hydrogen (secondary N) is 2. The molecule has 3 rings (SSSR count). The first-order valence-corrected chi connectivity index (χ1v) is 10.1. The summed E-state index contributed by atoms with van der Waals surface area (Å²) in [4.78, 5) is 0. The minimum Gasteiger partial charge on any atom is -0.489 e. The Kier molecular flexibility index (Phi) is 6.68. The molecule has 2 N–H and O–H groups in total. The van der Waals surface area contributed by atoms with Crippen molar-refractivity contribution in [3.8, 4) is 5.75 Å². The number of hydrogen-bond acceptors (Lipinski definition) is 4. The smallest absolute Gasteiger partial charge is 0.214 e. The van der Waals surface area contributed by atoms with Gasteiger partial charge in [0.25, 0.3) is 0 Å². The molecule has 1 heterocycles. The van der Waals surface area contributed by atoms with Gasteiger partial charge in [-0.25, -0.2) is 4.68 Å². The van der Waals surface area contributed by atoms with Gasteiger partial charge in [0.15, 0.2) is 5.82 Å². The van der Waals surface area contributed by atoms with E-state index < -0.39 is 0 Å². The van der Waals surface area contributed by atoms with Crippen LogP contribution in [0.3, 0.4) is 0 Å². The van der Waals surface area contributed by atoms with E-state index in [1.165, 1.54) is 5.56 Å². The molecule has 1 aromatic heterocycles. The van der Waals surface area contributed by atoms with E-state index in [2.05, 4.69) is 69.7 Å². The molecule has 2 aromatic carbocycles. The Morgan fingerprint density at radius 3 is 2.89 bits per heavy atom. The predicted molar refractivity (Wildman–Crippen MR) is 114 cm³/mol. The molecule has 0 radical (unpaired) electrons. The summed E-state index contributed by atoms with van der Waals surface area (Å²) in [5.74, 6) is 1.75. The fourth-order valence-corrected chi connectivity index (χ4v) is 3.46. The number of hydrogen-bond donors (Lipinski definition) is 2. The molecule has 0 aliphatic rings. The Bertz CT molecular complexity index is 967. The zero-order valence-corrected chi connectivity index (χ0v) is 17.9. The summed E-state index contributed by atoms with van der Waals surface area (Å²) >= 11 is 8.88. The van der Waals surface area contributed by atoms with Gasteiger partial charge in [0, 0.05) is 16.5 Å². The number of benzene rings is 2. The molecule has 27 heavy (non-hydrogen) atoms. The van der Waals surface area contributed by atoms with Crippen LogP contribution in [0.4, 0.5) is 0 Å². The normalized spacial score (nSPS) is 10.8. The van der Waals surface area contributed by atoms with Gasteiger partial charge < -0.3 is 10.2 Å². The molecule has 0 atom stereocenters. The molecule has 0 saturated heterocycles. The lowest BCUT2D eigenvalue weighted by atomic mass is 10.1. The fourth-order valence-electron chi connectivity index (χ4n) is 2.84. The number of rotatable bonds is 8. The molecule has 0 bridgehead atoms. The maximum absolute atomic E-state index is 6.09. The summed E-state index contributed by atoms with van der Waals surface area (Å²) in [6.45, 7) is 5.31. The molecule has 0 spiro atoms. The molecule has 7 heteroatoms. The Morgan fingerprint density at radius 2 is 2.11 bits per heavy atom. The molecular weight excluding hydrogens is 424 g/mol. The predicted octanol–water partition coefficient (Wildman–Crippen LogP) is 5.29. The van der Waals surface area contributed by atoms with Gasteiger partial charge in [-0.05, 0) is 49.3 Å². The summed E-state index contributed by atoms with van der Waals surface area (Å²) in [5.41, 5.74) is 6.78. The molecule has 0 fully saturated rings. The second kappa shape index (κ2) is 9.19. The lowest BCUT2D eigenvalue weighted by molar-refractivity contribution is 0.303. The third-order valence-corrected chi connectivity index (χ3v) is 4.91. The van der Waals surface area contributed by atoms with E-state index in [-0.39, 0.29) is 0 Å². The van der Waals surface area contributed by atoms with E-state index in [1.54, 1.807) is 0 Å². The standard InChI is InChI=1S/C20H23BrN4OS/c1-3-5-19-23-24-20(27)25(19)22-12-16-11-17(21)8-9-18(16)26-13-15-7-4-6-14(2)10-15/h4,6-11,22H,3,5,12-13H2,1-2H3,(H,24,27). The highest BCUT2D eigenvalue weighted by atomic mass is 79.9. The van der Waals surface area contributed by atoms with Crippen molar-refractivity contribution in [1.29, 1.82) is 0 Å². The van der Waals surface area contributed by atoms with Crippen molar-refractivity contribution in [3.63, 3.8) is 0 Å². The van der Waals surface area contributed by atoms with E-state index >= 15 is 0 Å². The number of halogens is 1. The molecule has 0 amide bonds. The van der Waals surface area contributed by atoms with Crippen molar-refractivity contribution >= 4 is 28.1 Å². The highest BCUT2D eigenvalue weighted by Crippen LogP contribution is 2.24. The van der Waals surface area contributed by atoms with Crippen LogP contribution in [0.5, 0.6) is 5.75 Å². The van der Waals surface area contributed by atoms with Gasteiger partial charge >= 0.3 is 0 Å². The summed E-state index contributed by atoms with van der Waals surface area (Å²) in [7, 11) is 0. The van der Waals surface area contributed by atoms with Crippen LogP contribution in [0.25, 0.3) is 0 Å². The van der Waals surface area contributed by atoms with E-state index in [9.17, 15) is 0 Å². The van der Waals surface area contributed by atoms with E-state index in [1.807, 2.05) is 22.9 Å². The SMILES string of the molecule is CCCc1n[nH]c(=S)n1NCc1cc(Br)ccc1OCc1cccc(C)c1. The summed E-state index contributed by atoms with van der Waals surface area (Å²) < 4.78 is 9.50. The molecule has 0 aliphatic heterocycles. The first-order chi connectivity index (χ1) is 13.1. The second-order valence-electron chi connectivity index (χ2n) is 6.40. The van der Waals surface area contributed by atoms with Crippen LogP contribution < -0.4 is 10.2 Å². The number of aromatic amines is 1. The third kappa shape index (κ3) is 5.20. The fraction of sp³-hybridized carbons (Fsp3) is 0.300. The van der Waals surface area contributed by atoms with Crippen LogP contribution in [0.2, 0.25) is 0 Å². The lowest BCUT2D eigenvalue weighted by Crippen LogP contribution is -2.18. The number of nitrogens with zero attached hydrogens (tertiary/aromatic N) is 2. The van der Waals surface area contributed by atoms with Crippen molar-refractivity contribution in [2.45, 2.75) is 39.8 Å². The Balaban J connectivity index is 1.74. The maximum atomic E-state index is 6.09. The Labute approximate surface area is 172 Å². The van der Waals surface area contributed by atoms with Gasteiger partial charge in [-0.15, -0.1) is 0 Å². The number of H-pyrrole nitrogens is 1. The molecule has 3 aromatic rings. The first kappa shape index (κ1) is 19.6. The van der Waals surface area contributed by atoms with Gasteiger partial charge in [0.1, 0.15) is 12.4 Å². The van der Waals surface area contributed by atoms with Gasteiger partial charge in [0.2, 0.25) is 4.77 Å². The quantitative estimate of drug-likeness (QED) is 0.461. The number of aryl methyl sites for hydroxylation is 2. The zero-order valence-electron chi connectivity index (χ0n) is 15.5. The van der Waals surface area contributed by atoms with Crippen molar-refractivity contribution in [2.24, 2.45) is 0 Å². The molecular formula is C20H23BrN4OS. The van der Waals surface area contributed by atoms with Crippen LogP contribution >= 0.6 is 28.1 Å². The monoisotopic (exact) mass is 446 g/mol. The molecule has 5 nitrogen and oxygen atoms in total. The van der Waals surface area contributed by atoms with Gasteiger partial charge in [-0.3, -0.25) is 5.10 Å². The van der Waals surface area contributed by atoms with Crippen LogP contribution in [0.1, 0.15) is 35.9 Å². The van der Waals surface area contributed by atoms with E-state index in [0.717, 1.165) is 40.0 Å². The van der Waals surface area contributed by atoms with Gasteiger partial charge in [0.05, 0.1) is 6.54 Å². The topological polar surface area (TPSA) is 54.9 Å². The van der Waals surface area contributed by atoms with Crippen molar-refractivity contribution < 1.29 is 4.74 Å². The van der Waals surface area contributed by atoms with Gasteiger partial charge in [-0.1, -0.05) is 52.7 Å². The average molecular weight is 447 g/mol. The van der Waals surface area contributed by atoms with Crippen LogP contribution in [-0.2, 0) is 19.6 Å². The van der Waals surface area contributed by atoms with E-state index in [4.69, 9.17) is 17.0 Å². The molecule has 142 valence electrons. The summed E-state index contributed by atoms with van der Waals surface area (Å²) in [5, 5.41) is 7.13. The highest BCUT2D eigenvalue weighted by molar-refractivity contribution is 9.10. The lowest BCUT2D eigenvalue weighted by Gasteiger charge is -2.15. The summed E-state index contributed by atoms with van der Waals surface area (Å²) in [6.07, 6.45) is 1.86. The van der Waals surface area contributed by atoms with Crippen molar-refractivity contribution in [1.82, 2.24) is 14.9 Å². The van der Waals surface area contributed by atoms with Crippen LogP contribution in [0, 0.1) is 11.7 Å².